The summed E-state index contributed by atoms with van der Waals surface area (Å²) in [4.78, 5) is 2.13. The van der Waals surface area contributed by atoms with E-state index in [1.807, 2.05) is 48.5 Å². The highest BCUT2D eigenvalue weighted by atomic mass is 15.1. The van der Waals surface area contributed by atoms with E-state index in [1.165, 1.54) is 0 Å². The van der Waals surface area contributed by atoms with Crippen LogP contribution in [-0.4, -0.2) is 0 Å². The molecule has 8 aromatic carbocycles. The number of fused-ring (bicyclic) bond motifs is 3. The van der Waals surface area contributed by atoms with Crippen LogP contribution in [0.4, 0.5) is 34.1 Å². The Morgan fingerprint density at radius 2 is 0.608 bits per heavy atom. The molecule has 0 radical (unpaired) electrons. The normalized spacial score (nSPS) is 18.0. The first-order chi connectivity index (χ1) is 33.6. The predicted molar refractivity (Wildman–Crippen MR) is 213 cm³/mol. The van der Waals surface area contributed by atoms with E-state index < -0.39 is 149 Å². The fourth-order valence-electron chi connectivity index (χ4n) is 6.91. The predicted octanol–water partition coefficient (Wildman–Crippen LogP) is 13.0. The van der Waals surface area contributed by atoms with Crippen LogP contribution in [0.2, 0.25) is 0 Å². The summed E-state index contributed by atoms with van der Waals surface area (Å²) >= 11 is 0. The lowest BCUT2D eigenvalue weighted by Gasteiger charge is -2.35. The van der Waals surface area contributed by atoms with E-state index in [9.17, 15) is 0 Å². The highest BCUT2D eigenvalue weighted by molar-refractivity contribution is 5.87. The van der Waals surface area contributed by atoms with E-state index in [-0.39, 0.29) is 11.4 Å². The molecule has 242 valence electrons. The zero-order valence-corrected chi connectivity index (χ0v) is 26.6. The van der Waals surface area contributed by atoms with Gasteiger partial charge in [-0.25, -0.2) is 0 Å². The number of benzene rings is 8. The van der Waals surface area contributed by atoms with E-state index >= 15 is 0 Å². The molecule has 0 aliphatic heterocycles. The van der Waals surface area contributed by atoms with E-state index in [2.05, 4.69) is 0 Å². The van der Waals surface area contributed by atoms with Crippen LogP contribution in [0.15, 0.2) is 218 Å². The quantitative estimate of drug-likeness (QED) is 0.158. The van der Waals surface area contributed by atoms with Crippen LogP contribution in [-0.2, 0) is 5.41 Å². The molecule has 0 bridgehead atoms. The van der Waals surface area contributed by atoms with Gasteiger partial charge in [0.05, 0.1) is 32.8 Å². The van der Waals surface area contributed by atoms with Crippen molar-refractivity contribution in [1.29, 1.82) is 0 Å². The molecule has 2 heteroatoms. The number of anilines is 6. The summed E-state index contributed by atoms with van der Waals surface area (Å²) in [7, 11) is 0. The highest BCUT2D eigenvalue weighted by Gasteiger charge is 2.46. The molecule has 0 fully saturated rings. The molecule has 2 nitrogen and oxygen atoms in total. The maximum atomic E-state index is 8.94. The van der Waals surface area contributed by atoms with Crippen molar-refractivity contribution in [3.05, 3.63) is 240 Å². The lowest BCUT2D eigenvalue weighted by molar-refractivity contribution is 0.768. The maximum absolute atomic E-state index is 8.94. The first kappa shape index (κ1) is 15.9. The van der Waals surface area contributed by atoms with Gasteiger partial charge in [-0.05, 0) is 106 Å². The Balaban J connectivity index is 1.31. The van der Waals surface area contributed by atoms with E-state index in [1.54, 1.807) is 48.5 Å². The summed E-state index contributed by atoms with van der Waals surface area (Å²) in [5.41, 5.74) is 1.58. The van der Waals surface area contributed by atoms with Crippen molar-refractivity contribution >= 4 is 34.1 Å². The lowest BCUT2D eigenvalue weighted by Crippen LogP contribution is -2.28. The Morgan fingerprint density at radius 3 is 0.922 bits per heavy atom. The number of para-hydroxylation sites is 4. The van der Waals surface area contributed by atoms with Crippen molar-refractivity contribution < 1.29 is 27.4 Å². The van der Waals surface area contributed by atoms with Gasteiger partial charge in [0.15, 0.2) is 0 Å². The van der Waals surface area contributed by atoms with Crippen molar-refractivity contribution in [2.24, 2.45) is 0 Å². The van der Waals surface area contributed by atoms with Crippen LogP contribution in [0.3, 0.4) is 0 Å². The molecule has 0 aromatic heterocycles. The van der Waals surface area contributed by atoms with Gasteiger partial charge in [-0.15, -0.1) is 0 Å². The van der Waals surface area contributed by atoms with Gasteiger partial charge in [0, 0.05) is 34.1 Å². The standard InChI is InChI=1S/C49H36N2/c1-5-17-39(18-6-1)50(40-19-7-2-8-20-40)43-33-29-37(30-34-43)49(47-27-15-13-25-45(47)46-26-14-16-28-48(46)49)38-31-35-44(36-32-38)51(41-21-9-3-10-22-41)42-23-11-4-12-24-42/h1-36H/i1D,2D,3D,4D,5D,6D,7D,8D,9D,10D,11D,12D,17D,18D,19D,20D,21D,22D,23D,24D. The highest BCUT2D eigenvalue weighted by Crippen LogP contribution is 2.56. The molecule has 0 saturated heterocycles. The van der Waals surface area contributed by atoms with Crippen molar-refractivity contribution in [1.82, 2.24) is 0 Å². The van der Waals surface area contributed by atoms with E-state index in [4.69, 9.17) is 27.4 Å². The zero-order valence-electron chi connectivity index (χ0n) is 46.6. The fourth-order valence-corrected chi connectivity index (χ4v) is 6.91. The third-order valence-corrected chi connectivity index (χ3v) is 8.91. The third kappa shape index (κ3) is 5.21. The first-order valence-corrected chi connectivity index (χ1v) is 15.9. The van der Waals surface area contributed by atoms with Crippen molar-refractivity contribution in [3.8, 4) is 11.1 Å². The molecule has 0 heterocycles. The third-order valence-electron chi connectivity index (χ3n) is 8.91. The largest absolute Gasteiger partial charge is 0.311 e. The summed E-state index contributed by atoms with van der Waals surface area (Å²) in [6.45, 7) is 0. The molecule has 0 amide bonds. The van der Waals surface area contributed by atoms with Gasteiger partial charge >= 0.3 is 0 Å². The number of rotatable bonds is 8. The number of nitrogens with zero attached hydrogens (tertiary/aromatic N) is 2. The summed E-state index contributed by atoms with van der Waals surface area (Å²) in [6, 6.07) is 14.3. The lowest BCUT2D eigenvalue weighted by atomic mass is 9.67. The molecule has 0 N–H and O–H groups in total. The number of hydrogen-bond acceptors (Lipinski definition) is 2. The Morgan fingerprint density at radius 1 is 0.314 bits per heavy atom. The SMILES string of the molecule is [2H]c1c([2H])c([2H])c(N(c2ccc(C3(c4ccc(N(c5c([2H])c([2H])c([2H])c([2H])c5[2H])c5c([2H])c([2H])c([2H])c([2H])c5[2H])cc4)c4ccccc4-c4ccccc43)cc2)c2c([2H])c([2H])c([2H])c([2H])c2[2H])c([2H])c1[2H]. The minimum atomic E-state index is -1.21. The van der Waals surface area contributed by atoms with E-state index in [0.29, 0.717) is 11.1 Å². The van der Waals surface area contributed by atoms with Crippen LogP contribution < -0.4 is 9.80 Å². The zero-order chi connectivity index (χ0) is 51.4. The summed E-state index contributed by atoms with van der Waals surface area (Å²) in [6.07, 6.45) is 0. The Kier molecular flexibility index (Phi) is 4.06. The van der Waals surface area contributed by atoms with Crippen molar-refractivity contribution in [2.45, 2.75) is 5.41 Å². The summed E-state index contributed by atoms with van der Waals surface area (Å²) < 4.78 is 173. The smallest absolute Gasteiger partial charge is 0.0713 e. The molecular formula is C49H36N2. The summed E-state index contributed by atoms with van der Waals surface area (Å²) in [5.74, 6) is 0. The molecule has 0 spiro atoms. The second kappa shape index (κ2) is 13.0. The average molecular weight is 673 g/mol. The van der Waals surface area contributed by atoms with Gasteiger partial charge < -0.3 is 9.80 Å². The first-order valence-electron chi connectivity index (χ1n) is 25.9. The van der Waals surface area contributed by atoms with Crippen LogP contribution in [0.5, 0.6) is 0 Å². The molecule has 1 aliphatic carbocycles. The average Bonchev–Trinajstić information content (AvgIpc) is 3.68. The van der Waals surface area contributed by atoms with Crippen LogP contribution in [0, 0.1) is 0 Å². The monoisotopic (exact) mass is 672 g/mol. The molecular weight excluding hydrogens is 617 g/mol. The molecule has 51 heavy (non-hydrogen) atoms. The topological polar surface area (TPSA) is 6.48 Å². The van der Waals surface area contributed by atoms with Gasteiger partial charge in [-0.2, -0.15) is 0 Å². The maximum Gasteiger partial charge on any atom is 0.0713 e. The minimum Gasteiger partial charge on any atom is -0.311 e. The Labute approximate surface area is 328 Å². The molecule has 8 aromatic rings. The summed E-state index contributed by atoms with van der Waals surface area (Å²) in [5, 5.41) is 0. The molecule has 0 saturated carbocycles. The van der Waals surface area contributed by atoms with Gasteiger partial charge in [-0.1, -0.05) is 145 Å². The number of hydrogen-bond donors (Lipinski definition) is 0. The Bertz CT molecular complexity index is 3070. The molecule has 1 aliphatic rings. The second-order valence-electron chi connectivity index (χ2n) is 11.5. The Hall–Kier alpha value is -6.64. The van der Waals surface area contributed by atoms with Gasteiger partial charge in [0.1, 0.15) is 0 Å². The molecule has 9 rings (SSSR count). The van der Waals surface area contributed by atoms with Gasteiger partial charge in [-0.3, -0.25) is 0 Å². The van der Waals surface area contributed by atoms with Crippen molar-refractivity contribution in [3.63, 3.8) is 0 Å². The van der Waals surface area contributed by atoms with Gasteiger partial charge in [0.2, 0.25) is 0 Å². The second-order valence-corrected chi connectivity index (χ2v) is 11.5. The molecule has 0 unspecified atom stereocenters. The minimum absolute atomic E-state index is 0.0729. The fraction of sp³-hybridized carbons (Fsp3) is 0.0204. The van der Waals surface area contributed by atoms with Gasteiger partial charge in [0.25, 0.3) is 0 Å². The molecule has 0 atom stereocenters. The van der Waals surface area contributed by atoms with Crippen molar-refractivity contribution in [2.75, 3.05) is 9.80 Å². The van der Waals surface area contributed by atoms with Crippen LogP contribution in [0.25, 0.3) is 11.1 Å². The van der Waals surface area contributed by atoms with Crippen LogP contribution >= 0.6 is 0 Å². The van der Waals surface area contributed by atoms with E-state index in [0.717, 1.165) is 32.1 Å². The van der Waals surface area contributed by atoms with Crippen LogP contribution in [0.1, 0.15) is 49.7 Å².